The third-order valence-corrected chi connectivity index (χ3v) is 4.15. The van der Waals surface area contributed by atoms with Gasteiger partial charge in [0.25, 0.3) is 0 Å². The number of carbonyl (C=O) groups is 1. The fourth-order valence-electron chi connectivity index (χ4n) is 2.26. The Bertz CT molecular complexity index is 637. The Hall–Kier alpha value is -1.86. The molecule has 0 spiro atoms. The van der Waals surface area contributed by atoms with Crippen molar-refractivity contribution in [1.82, 2.24) is 14.8 Å². The van der Waals surface area contributed by atoms with Crippen LogP contribution in [0.15, 0.2) is 29.7 Å². The average Bonchev–Trinajstić information content (AvgIpc) is 2.92. The second-order valence-corrected chi connectivity index (χ2v) is 6.31. The maximum Gasteiger partial charge on any atom is 0.234 e. The molecular formula is C16H22N4O2S. The van der Waals surface area contributed by atoms with Crippen LogP contribution in [-0.2, 0) is 16.1 Å². The molecule has 2 rings (SSSR count). The van der Waals surface area contributed by atoms with Crippen molar-refractivity contribution in [2.45, 2.75) is 32.0 Å². The van der Waals surface area contributed by atoms with Gasteiger partial charge in [0.1, 0.15) is 6.33 Å². The van der Waals surface area contributed by atoms with Crippen LogP contribution in [0.2, 0.25) is 0 Å². The van der Waals surface area contributed by atoms with Crippen molar-refractivity contribution < 1.29 is 9.53 Å². The van der Waals surface area contributed by atoms with Crippen LogP contribution in [0.4, 0.5) is 5.69 Å². The molecule has 1 heterocycles. The summed E-state index contributed by atoms with van der Waals surface area (Å²) in [6, 6.07) is 6.00. The third-order valence-electron chi connectivity index (χ3n) is 3.17. The van der Waals surface area contributed by atoms with Crippen molar-refractivity contribution in [3.8, 4) is 0 Å². The number of carbonyl (C=O) groups excluding carboxylic acids is 1. The number of nitrogens with zero attached hydrogens (tertiary/aromatic N) is 3. The smallest absolute Gasteiger partial charge is 0.234 e. The zero-order chi connectivity index (χ0) is 16.7. The van der Waals surface area contributed by atoms with Crippen molar-refractivity contribution in [1.29, 1.82) is 0 Å². The standard InChI is InChI=1S/C16H22N4O2S/c1-12-7-13(2)9-14(8-12)18-15(21)10-23-16-19-17-11-20(16)5-4-6-22-3/h7-9,11H,4-6,10H2,1-3H3,(H,18,21). The molecule has 0 saturated heterocycles. The molecule has 6 nitrogen and oxygen atoms in total. The first-order valence-electron chi connectivity index (χ1n) is 7.46. The largest absolute Gasteiger partial charge is 0.385 e. The van der Waals surface area contributed by atoms with Gasteiger partial charge in [-0.15, -0.1) is 10.2 Å². The SMILES string of the molecule is COCCCn1cnnc1SCC(=O)Nc1cc(C)cc(C)c1. The molecular weight excluding hydrogens is 312 g/mol. The number of amides is 1. The van der Waals surface area contributed by atoms with Crippen LogP contribution in [0.5, 0.6) is 0 Å². The number of hydrogen-bond acceptors (Lipinski definition) is 5. The molecule has 0 aliphatic rings. The Kier molecular flexibility index (Phi) is 6.61. The lowest BCUT2D eigenvalue weighted by atomic mass is 10.1. The summed E-state index contributed by atoms with van der Waals surface area (Å²) in [6.45, 7) is 5.50. The molecule has 1 amide bonds. The molecule has 1 aromatic heterocycles. The van der Waals surface area contributed by atoms with E-state index in [1.165, 1.54) is 11.8 Å². The number of aryl methyl sites for hydroxylation is 3. The molecule has 7 heteroatoms. The van der Waals surface area contributed by atoms with Gasteiger partial charge in [0.2, 0.25) is 5.91 Å². The van der Waals surface area contributed by atoms with E-state index in [-0.39, 0.29) is 5.91 Å². The third kappa shape index (κ3) is 5.69. The van der Waals surface area contributed by atoms with Crippen LogP contribution >= 0.6 is 11.8 Å². The Labute approximate surface area is 140 Å². The van der Waals surface area contributed by atoms with Crippen LogP contribution in [-0.4, -0.2) is 40.1 Å². The summed E-state index contributed by atoms with van der Waals surface area (Å²) in [4.78, 5) is 12.1. The number of benzene rings is 1. The second kappa shape index (κ2) is 8.69. The summed E-state index contributed by atoms with van der Waals surface area (Å²) in [7, 11) is 1.68. The van der Waals surface area contributed by atoms with E-state index in [1.807, 2.05) is 30.5 Å². The molecule has 0 saturated carbocycles. The minimum atomic E-state index is -0.0496. The first kappa shape index (κ1) is 17.5. The lowest BCUT2D eigenvalue weighted by Gasteiger charge is -2.08. The van der Waals surface area contributed by atoms with Crippen LogP contribution in [0.3, 0.4) is 0 Å². The molecule has 1 N–H and O–H groups in total. The number of rotatable bonds is 8. The van der Waals surface area contributed by atoms with Crippen molar-refractivity contribution in [3.63, 3.8) is 0 Å². The molecule has 0 aliphatic carbocycles. The molecule has 2 aromatic rings. The normalized spacial score (nSPS) is 10.7. The highest BCUT2D eigenvalue weighted by molar-refractivity contribution is 7.99. The molecule has 124 valence electrons. The second-order valence-electron chi connectivity index (χ2n) is 5.37. The number of nitrogens with one attached hydrogen (secondary N) is 1. The first-order valence-corrected chi connectivity index (χ1v) is 8.44. The average molecular weight is 334 g/mol. The van der Waals surface area contributed by atoms with Crippen molar-refractivity contribution in [2.24, 2.45) is 0 Å². The summed E-state index contributed by atoms with van der Waals surface area (Å²) >= 11 is 1.38. The van der Waals surface area contributed by atoms with Gasteiger partial charge in [-0.25, -0.2) is 0 Å². The Balaban J connectivity index is 1.86. The Morgan fingerprint density at radius 3 is 2.74 bits per heavy atom. The van der Waals surface area contributed by atoms with Crippen LogP contribution in [0.25, 0.3) is 0 Å². The topological polar surface area (TPSA) is 69.0 Å². The lowest BCUT2D eigenvalue weighted by Crippen LogP contribution is -2.15. The predicted octanol–water partition coefficient (Wildman–Crippen LogP) is 2.66. The highest BCUT2D eigenvalue weighted by atomic mass is 32.2. The Morgan fingerprint density at radius 2 is 2.04 bits per heavy atom. The zero-order valence-electron chi connectivity index (χ0n) is 13.7. The molecule has 0 unspecified atom stereocenters. The monoisotopic (exact) mass is 334 g/mol. The van der Waals surface area contributed by atoms with E-state index in [2.05, 4.69) is 21.6 Å². The van der Waals surface area contributed by atoms with E-state index in [0.717, 1.165) is 34.9 Å². The summed E-state index contributed by atoms with van der Waals surface area (Å²) < 4.78 is 6.98. The van der Waals surface area contributed by atoms with Gasteiger partial charge in [-0.1, -0.05) is 17.8 Å². The van der Waals surface area contributed by atoms with Crippen LogP contribution in [0, 0.1) is 13.8 Å². The minimum Gasteiger partial charge on any atom is -0.385 e. The number of anilines is 1. The number of aromatic nitrogens is 3. The van der Waals surface area contributed by atoms with E-state index < -0.39 is 0 Å². The number of methoxy groups -OCH3 is 1. The number of ether oxygens (including phenoxy) is 1. The lowest BCUT2D eigenvalue weighted by molar-refractivity contribution is -0.113. The first-order chi connectivity index (χ1) is 11.1. The molecule has 23 heavy (non-hydrogen) atoms. The molecule has 0 fully saturated rings. The maximum atomic E-state index is 12.1. The highest BCUT2D eigenvalue weighted by Gasteiger charge is 2.09. The zero-order valence-corrected chi connectivity index (χ0v) is 14.5. The van der Waals surface area contributed by atoms with Crippen LogP contribution in [0.1, 0.15) is 17.5 Å². The van der Waals surface area contributed by atoms with Gasteiger partial charge in [0, 0.05) is 25.9 Å². The van der Waals surface area contributed by atoms with Gasteiger partial charge >= 0.3 is 0 Å². The van der Waals surface area contributed by atoms with E-state index in [0.29, 0.717) is 12.4 Å². The number of hydrogen-bond donors (Lipinski definition) is 1. The van der Waals surface area contributed by atoms with E-state index in [9.17, 15) is 4.79 Å². The van der Waals surface area contributed by atoms with Gasteiger partial charge in [-0.05, 0) is 43.5 Å². The van der Waals surface area contributed by atoms with Gasteiger partial charge in [0.05, 0.1) is 5.75 Å². The summed E-state index contributed by atoms with van der Waals surface area (Å²) in [5, 5.41) is 11.6. The summed E-state index contributed by atoms with van der Waals surface area (Å²) in [5.74, 6) is 0.252. The molecule has 1 aromatic carbocycles. The molecule has 0 aliphatic heterocycles. The fraction of sp³-hybridized carbons (Fsp3) is 0.438. The van der Waals surface area contributed by atoms with E-state index >= 15 is 0 Å². The van der Waals surface area contributed by atoms with Crippen molar-refractivity contribution >= 4 is 23.4 Å². The fourth-order valence-corrected chi connectivity index (χ4v) is 3.00. The summed E-state index contributed by atoms with van der Waals surface area (Å²) in [5.41, 5.74) is 3.09. The van der Waals surface area contributed by atoms with Crippen molar-refractivity contribution in [3.05, 3.63) is 35.7 Å². The minimum absolute atomic E-state index is 0.0496. The quantitative estimate of drug-likeness (QED) is 0.594. The van der Waals surface area contributed by atoms with Crippen LogP contribution < -0.4 is 5.32 Å². The highest BCUT2D eigenvalue weighted by Crippen LogP contribution is 2.17. The van der Waals surface area contributed by atoms with Gasteiger partial charge in [-0.3, -0.25) is 4.79 Å². The predicted molar refractivity (Wildman–Crippen MR) is 91.8 cm³/mol. The number of thioether (sulfide) groups is 1. The van der Waals surface area contributed by atoms with E-state index in [1.54, 1.807) is 13.4 Å². The van der Waals surface area contributed by atoms with E-state index in [4.69, 9.17) is 4.74 Å². The van der Waals surface area contributed by atoms with Crippen molar-refractivity contribution in [2.75, 3.05) is 24.8 Å². The molecule has 0 bridgehead atoms. The Morgan fingerprint density at radius 1 is 1.30 bits per heavy atom. The summed E-state index contributed by atoms with van der Waals surface area (Å²) in [6.07, 6.45) is 2.57. The maximum absolute atomic E-state index is 12.1. The molecule has 0 atom stereocenters. The van der Waals surface area contributed by atoms with Gasteiger partial charge in [0.15, 0.2) is 5.16 Å². The molecule has 0 radical (unpaired) electrons. The van der Waals surface area contributed by atoms with Gasteiger partial charge in [-0.2, -0.15) is 0 Å². The van der Waals surface area contributed by atoms with Gasteiger partial charge < -0.3 is 14.6 Å².